The molecule has 2 aromatic heterocycles. The summed E-state index contributed by atoms with van der Waals surface area (Å²) >= 11 is 0. The van der Waals surface area contributed by atoms with Crippen molar-refractivity contribution in [2.45, 2.75) is 0 Å². The lowest BCUT2D eigenvalue weighted by atomic mass is 10.0. The van der Waals surface area contributed by atoms with Crippen LogP contribution < -0.4 is 4.90 Å². The van der Waals surface area contributed by atoms with Crippen LogP contribution in [0.15, 0.2) is 198 Å². The first-order chi connectivity index (χ1) is 30.9. The molecule has 3 nitrogen and oxygen atoms in total. The normalized spacial score (nSPS) is 14.7. The summed E-state index contributed by atoms with van der Waals surface area (Å²) in [7, 11) is 0. The van der Waals surface area contributed by atoms with E-state index in [0.717, 1.165) is 38.0 Å². The largest absolute Gasteiger partial charge is 0.455 e. The van der Waals surface area contributed by atoms with Crippen molar-refractivity contribution in [3.8, 4) is 16.8 Å². The highest BCUT2D eigenvalue weighted by Gasteiger charge is 2.24. The van der Waals surface area contributed by atoms with Gasteiger partial charge in [-0.3, -0.25) is 0 Å². The summed E-state index contributed by atoms with van der Waals surface area (Å²) in [5.74, 6) is 0. The van der Waals surface area contributed by atoms with E-state index in [1.54, 1.807) is 4.90 Å². The molecular weight excluding hydrogens is 645 g/mol. The predicted octanol–water partition coefficient (Wildman–Crippen LogP) is 14.1. The number of nitrogens with zero attached hydrogens (tertiary/aromatic N) is 2. The van der Waals surface area contributed by atoms with E-state index in [9.17, 15) is 6.85 Å². The third kappa shape index (κ3) is 4.61. The van der Waals surface area contributed by atoms with Crippen molar-refractivity contribution in [3.05, 3.63) is 194 Å². The van der Waals surface area contributed by atoms with Crippen LogP contribution in [-0.4, -0.2) is 4.57 Å². The van der Waals surface area contributed by atoms with Crippen LogP contribution in [0, 0.1) is 0 Å². The van der Waals surface area contributed by atoms with E-state index in [1.807, 2.05) is 115 Å². The highest BCUT2D eigenvalue weighted by Crippen LogP contribution is 2.47. The van der Waals surface area contributed by atoms with E-state index < -0.39 is 77.6 Å². The van der Waals surface area contributed by atoms with E-state index >= 15 is 0 Å². The van der Waals surface area contributed by atoms with Crippen LogP contribution in [0.1, 0.15) is 15.1 Å². The average molecular weight is 688 g/mol. The summed E-state index contributed by atoms with van der Waals surface area (Å²) in [6.45, 7) is 0. The molecule has 11 rings (SSSR count). The topological polar surface area (TPSA) is 21.3 Å². The van der Waals surface area contributed by atoms with Gasteiger partial charge in [0, 0.05) is 27.2 Å². The second kappa shape index (κ2) is 11.7. The lowest BCUT2D eigenvalue weighted by Gasteiger charge is -2.29. The maximum Gasteiger partial charge on any atom is 0.143 e. The summed E-state index contributed by atoms with van der Waals surface area (Å²) in [6.07, 6.45) is 0. The molecule has 53 heavy (non-hydrogen) atoms. The van der Waals surface area contributed by atoms with Gasteiger partial charge in [-0.05, 0) is 87.9 Å². The quantitative estimate of drug-likeness (QED) is 0.180. The average Bonchev–Trinajstić information content (AvgIpc) is 3.87. The molecule has 11 aromatic rings. The van der Waals surface area contributed by atoms with E-state index in [2.05, 4.69) is 16.7 Å². The van der Waals surface area contributed by atoms with Crippen LogP contribution in [0.2, 0.25) is 0 Å². The van der Waals surface area contributed by atoms with Crippen molar-refractivity contribution < 1.29 is 19.5 Å². The van der Waals surface area contributed by atoms with Crippen LogP contribution in [0.5, 0.6) is 0 Å². The van der Waals surface area contributed by atoms with Gasteiger partial charge in [-0.25, -0.2) is 0 Å². The number of hydrogen-bond donors (Lipinski definition) is 0. The number of aromatic nitrogens is 1. The zero-order valence-electron chi connectivity index (χ0n) is 38.9. The first-order valence-corrected chi connectivity index (χ1v) is 17.2. The standard InChI is InChI=1S/C50H32N2O/c1-2-14-36-32-37(25-24-33(36)12-1)34-26-29-38(30-27-34)51(47-22-11-23-48-49(47)42-31-28-35-13-3-4-15-39(35)50(42)53-48)45-20-9-10-21-46(45)52-43-18-7-5-16-40(43)41-17-6-8-19-44(41)52/h1-32H/i1D,2D,12D,14D,24D,25D,26D,27D,29D,30D,32D. The Morgan fingerprint density at radius 3 is 1.94 bits per heavy atom. The minimum atomic E-state index is -0.661. The Labute approximate surface area is 321 Å². The smallest absolute Gasteiger partial charge is 0.143 e. The van der Waals surface area contributed by atoms with Gasteiger partial charge in [0.05, 0.1) is 48.6 Å². The second-order valence-electron chi connectivity index (χ2n) is 12.8. The predicted molar refractivity (Wildman–Crippen MR) is 223 cm³/mol. The molecule has 0 spiro atoms. The van der Waals surface area contributed by atoms with E-state index in [1.165, 1.54) is 0 Å². The Morgan fingerprint density at radius 1 is 0.472 bits per heavy atom. The van der Waals surface area contributed by atoms with Gasteiger partial charge in [0.25, 0.3) is 0 Å². The molecule has 9 aromatic carbocycles. The SMILES string of the molecule is [2H]c1c([2H])c(N(c2ccccc2-n2c3ccccc3c3ccccc32)c2cccc3oc4c5ccccc5ccc4c23)c([2H])c([2H])c1-c1c([2H])c([2H])c2c([2H])c([2H])c([2H])c([2H])c2c1[2H]. The third-order valence-corrected chi connectivity index (χ3v) is 9.89. The van der Waals surface area contributed by atoms with E-state index in [4.69, 9.17) is 12.6 Å². The van der Waals surface area contributed by atoms with Crippen LogP contribution in [0.25, 0.3) is 82.1 Å². The number of rotatable bonds is 5. The highest BCUT2D eigenvalue weighted by molar-refractivity contribution is 6.20. The summed E-state index contributed by atoms with van der Waals surface area (Å²) < 4.78 is 109. The molecule has 0 N–H and O–H groups in total. The molecular formula is C50H32N2O. The van der Waals surface area contributed by atoms with Gasteiger partial charge < -0.3 is 13.9 Å². The van der Waals surface area contributed by atoms with Crippen molar-refractivity contribution in [1.29, 1.82) is 0 Å². The van der Waals surface area contributed by atoms with Gasteiger partial charge in [-0.1, -0.05) is 133 Å². The molecule has 0 atom stereocenters. The Bertz CT molecular complexity index is 3760. The monoisotopic (exact) mass is 687 g/mol. The van der Waals surface area contributed by atoms with Gasteiger partial charge >= 0.3 is 0 Å². The molecule has 0 fully saturated rings. The van der Waals surface area contributed by atoms with Gasteiger partial charge in [0.1, 0.15) is 11.2 Å². The second-order valence-corrected chi connectivity index (χ2v) is 12.8. The Balaban J connectivity index is 1.26. The van der Waals surface area contributed by atoms with Crippen molar-refractivity contribution in [2.75, 3.05) is 4.90 Å². The first-order valence-electron chi connectivity index (χ1n) is 22.7. The fourth-order valence-corrected chi connectivity index (χ4v) is 7.57. The fraction of sp³-hybridized carbons (Fsp3) is 0. The first kappa shape index (κ1) is 20.7. The van der Waals surface area contributed by atoms with Crippen molar-refractivity contribution >= 4 is 82.4 Å². The molecule has 0 unspecified atom stereocenters. The zero-order chi connectivity index (χ0) is 44.5. The molecule has 2 heterocycles. The van der Waals surface area contributed by atoms with Gasteiger partial charge in [0.15, 0.2) is 0 Å². The van der Waals surface area contributed by atoms with Crippen LogP contribution in [0.3, 0.4) is 0 Å². The molecule has 0 bridgehead atoms. The van der Waals surface area contributed by atoms with Crippen molar-refractivity contribution in [1.82, 2.24) is 4.57 Å². The van der Waals surface area contributed by atoms with Crippen LogP contribution in [0.4, 0.5) is 17.1 Å². The number of para-hydroxylation sites is 4. The molecule has 3 heteroatoms. The Hall–Kier alpha value is -7.10. The van der Waals surface area contributed by atoms with Gasteiger partial charge in [0.2, 0.25) is 0 Å². The lowest BCUT2D eigenvalue weighted by Crippen LogP contribution is -2.13. The van der Waals surface area contributed by atoms with Crippen LogP contribution >= 0.6 is 0 Å². The number of hydrogen-bond acceptors (Lipinski definition) is 2. The van der Waals surface area contributed by atoms with Gasteiger partial charge in [-0.2, -0.15) is 0 Å². The Morgan fingerprint density at radius 2 is 1.13 bits per heavy atom. The minimum Gasteiger partial charge on any atom is -0.455 e. The van der Waals surface area contributed by atoms with Crippen molar-refractivity contribution in [3.63, 3.8) is 0 Å². The van der Waals surface area contributed by atoms with Gasteiger partial charge in [-0.15, -0.1) is 0 Å². The molecule has 0 amide bonds. The molecule has 0 radical (unpaired) electrons. The van der Waals surface area contributed by atoms with E-state index in [-0.39, 0.29) is 16.5 Å². The molecule has 0 saturated carbocycles. The molecule has 0 aliphatic heterocycles. The number of benzene rings is 9. The maximum absolute atomic E-state index is 9.84. The number of fused-ring (bicyclic) bond motifs is 9. The maximum atomic E-state index is 9.84. The summed E-state index contributed by atoms with van der Waals surface area (Å²) in [4.78, 5) is 1.71. The van der Waals surface area contributed by atoms with Crippen molar-refractivity contribution in [2.24, 2.45) is 0 Å². The highest BCUT2D eigenvalue weighted by atomic mass is 16.3. The fourth-order valence-electron chi connectivity index (χ4n) is 7.57. The van der Waals surface area contributed by atoms with Crippen LogP contribution in [-0.2, 0) is 0 Å². The zero-order valence-corrected chi connectivity index (χ0v) is 27.9. The van der Waals surface area contributed by atoms with E-state index in [0.29, 0.717) is 33.6 Å². The molecule has 248 valence electrons. The molecule has 0 aliphatic carbocycles. The number of furan rings is 1. The Kier molecular flexibility index (Phi) is 4.57. The number of anilines is 3. The summed E-state index contributed by atoms with van der Waals surface area (Å²) in [6, 6.07) is 34.4. The summed E-state index contributed by atoms with van der Waals surface area (Å²) in [5.41, 5.74) is 3.60. The summed E-state index contributed by atoms with van der Waals surface area (Å²) in [5, 5.41) is 4.61. The minimum absolute atomic E-state index is 0.138. The molecule has 0 aliphatic rings. The lowest BCUT2D eigenvalue weighted by molar-refractivity contribution is 0.672. The molecule has 0 saturated heterocycles. The third-order valence-electron chi connectivity index (χ3n) is 9.89.